The fourth-order valence-corrected chi connectivity index (χ4v) is 3.31. The average Bonchev–Trinajstić information content (AvgIpc) is 2.67. The molecule has 1 aromatic carbocycles. The van der Waals surface area contributed by atoms with Crippen LogP contribution < -0.4 is 9.64 Å². The van der Waals surface area contributed by atoms with Crippen LogP contribution in [0.1, 0.15) is 18.5 Å². The molecule has 0 aliphatic carbocycles. The molecule has 1 fully saturated rings. The van der Waals surface area contributed by atoms with E-state index < -0.39 is 0 Å². The average molecular weight is 353 g/mol. The third kappa shape index (κ3) is 3.42. The Bertz CT molecular complexity index is 911. The van der Waals surface area contributed by atoms with Gasteiger partial charge in [0.05, 0.1) is 17.8 Å². The number of fused-ring (bicyclic) bond motifs is 1. The van der Waals surface area contributed by atoms with Gasteiger partial charge in [-0.25, -0.2) is 19.3 Å². The number of piperidine rings is 1. The molecule has 1 aliphatic rings. The van der Waals surface area contributed by atoms with Crippen molar-refractivity contribution in [3.8, 4) is 5.88 Å². The molecule has 0 saturated carbocycles. The van der Waals surface area contributed by atoms with Crippen molar-refractivity contribution in [2.45, 2.75) is 19.8 Å². The van der Waals surface area contributed by atoms with Crippen LogP contribution in [0.3, 0.4) is 0 Å². The van der Waals surface area contributed by atoms with Crippen LogP contribution in [0.15, 0.2) is 36.9 Å². The number of hydrogen-bond acceptors (Lipinski definition) is 6. The zero-order valence-electron chi connectivity index (χ0n) is 14.6. The summed E-state index contributed by atoms with van der Waals surface area (Å²) in [6.45, 7) is 4.24. The summed E-state index contributed by atoms with van der Waals surface area (Å²) in [4.78, 5) is 19.2. The minimum absolute atomic E-state index is 0.267. The zero-order valence-corrected chi connectivity index (χ0v) is 14.6. The highest BCUT2D eigenvalue weighted by Gasteiger charge is 2.22. The number of halogens is 1. The maximum absolute atomic E-state index is 13.6. The van der Waals surface area contributed by atoms with Crippen LogP contribution >= 0.6 is 0 Å². The number of ether oxygens (including phenoxy) is 1. The van der Waals surface area contributed by atoms with Gasteiger partial charge in [0.15, 0.2) is 0 Å². The Morgan fingerprint density at radius 2 is 1.92 bits per heavy atom. The van der Waals surface area contributed by atoms with E-state index in [1.165, 1.54) is 12.1 Å². The first-order valence-electron chi connectivity index (χ1n) is 8.76. The van der Waals surface area contributed by atoms with Crippen LogP contribution in [0.4, 0.5) is 10.2 Å². The lowest BCUT2D eigenvalue weighted by molar-refractivity contribution is 0.214. The molecule has 0 atom stereocenters. The number of hydrogen-bond donors (Lipinski definition) is 0. The van der Waals surface area contributed by atoms with E-state index in [-0.39, 0.29) is 5.82 Å². The quantitative estimate of drug-likeness (QED) is 0.718. The topological polar surface area (TPSA) is 64.0 Å². The molecule has 7 heteroatoms. The molecule has 3 aromatic rings. The number of aromatic nitrogens is 4. The van der Waals surface area contributed by atoms with Crippen LogP contribution in [0.5, 0.6) is 5.88 Å². The van der Waals surface area contributed by atoms with Gasteiger partial charge in [-0.1, -0.05) is 0 Å². The van der Waals surface area contributed by atoms with Crippen molar-refractivity contribution in [1.29, 1.82) is 0 Å². The predicted molar refractivity (Wildman–Crippen MR) is 96.7 cm³/mol. The summed E-state index contributed by atoms with van der Waals surface area (Å²) < 4.78 is 19.5. The fraction of sp³-hybridized carbons (Fsp3) is 0.368. The fourth-order valence-electron chi connectivity index (χ4n) is 3.31. The van der Waals surface area contributed by atoms with Gasteiger partial charge in [0.1, 0.15) is 18.0 Å². The maximum Gasteiger partial charge on any atom is 0.235 e. The number of benzene rings is 1. The van der Waals surface area contributed by atoms with Gasteiger partial charge in [-0.15, -0.1) is 0 Å². The molecule has 0 unspecified atom stereocenters. The summed E-state index contributed by atoms with van der Waals surface area (Å²) in [5, 5.41) is 0.761. The first kappa shape index (κ1) is 16.6. The van der Waals surface area contributed by atoms with Gasteiger partial charge in [0.2, 0.25) is 5.88 Å². The van der Waals surface area contributed by atoms with Gasteiger partial charge in [-0.05, 0) is 43.9 Å². The second-order valence-corrected chi connectivity index (χ2v) is 6.55. The maximum atomic E-state index is 13.6. The van der Waals surface area contributed by atoms with Crippen molar-refractivity contribution in [1.82, 2.24) is 19.9 Å². The summed E-state index contributed by atoms with van der Waals surface area (Å²) in [7, 11) is 0. The summed E-state index contributed by atoms with van der Waals surface area (Å²) in [5.74, 6) is 1.60. The number of nitrogens with zero attached hydrogens (tertiary/aromatic N) is 5. The van der Waals surface area contributed by atoms with Gasteiger partial charge >= 0.3 is 0 Å². The van der Waals surface area contributed by atoms with Gasteiger partial charge < -0.3 is 9.64 Å². The largest absolute Gasteiger partial charge is 0.476 e. The molecule has 4 rings (SSSR count). The van der Waals surface area contributed by atoms with Crippen molar-refractivity contribution in [3.05, 3.63) is 48.4 Å². The van der Waals surface area contributed by atoms with Crippen LogP contribution in [-0.4, -0.2) is 39.6 Å². The first-order chi connectivity index (χ1) is 12.7. The lowest BCUT2D eigenvalue weighted by Gasteiger charge is -2.33. The van der Waals surface area contributed by atoms with E-state index in [1.807, 2.05) is 6.92 Å². The molecule has 0 radical (unpaired) electrons. The summed E-state index contributed by atoms with van der Waals surface area (Å²) in [6.07, 6.45) is 6.82. The second-order valence-electron chi connectivity index (χ2n) is 6.55. The van der Waals surface area contributed by atoms with Gasteiger partial charge in [-0.3, -0.25) is 4.98 Å². The number of aryl methyl sites for hydroxylation is 1. The van der Waals surface area contributed by atoms with Gasteiger partial charge in [0, 0.05) is 30.9 Å². The van der Waals surface area contributed by atoms with Crippen molar-refractivity contribution in [3.63, 3.8) is 0 Å². The number of rotatable bonds is 4. The van der Waals surface area contributed by atoms with E-state index in [0.29, 0.717) is 18.4 Å². The minimum Gasteiger partial charge on any atom is -0.476 e. The van der Waals surface area contributed by atoms with Crippen LogP contribution in [0.25, 0.3) is 10.9 Å². The molecule has 3 heterocycles. The Labute approximate surface area is 151 Å². The van der Waals surface area contributed by atoms with E-state index in [9.17, 15) is 4.39 Å². The minimum atomic E-state index is -0.267. The second kappa shape index (κ2) is 7.19. The highest BCUT2D eigenvalue weighted by molar-refractivity contribution is 5.89. The molecular formula is C19H20FN5O. The molecule has 2 aromatic heterocycles. The summed E-state index contributed by atoms with van der Waals surface area (Å²) in [6, 6.07) is 4.63. The summed E-state index contributed by atoms with van der Waals surface area (Å²) in [5.41, 5.74) is 1.57. The summed E-state index contributed by atoms with van der Waals surface area (Å²) >= 11 is 0. The Morgan fingerprint density at radius 3 is 2.73 bits per heavy atom. The Morgan fingerprint density at radius 1 is 1.12 bits per heavy atom. The van der Waals surface area contributed by atoms with Gasteiger partial charge in [-0.2, -0.15) is 0 Å². The van der Waals surface area contributed by atoms with Crippen molar-refractivity contribution >= 4 is 16.7 Å². The van der Waals surface area contributed by atoms with E-state index >= 15 is 0 Å². The Hall–Kier alpha value is -2.83. The molecule has 6 nitrogen and oxygen atoms in total. The third-order valence-electron chi connectivity index (χ3n) is 4.78. The molecule has 1 aliphatic heterocycles. The van der Waals surface area contributed by atoms with E-state index in [1.54, 1.807) is 24.8 Å². The molecule has 26 heavy (non-hydrogen) atoms. The highest BCUT2D eigenvalue weighted by atomic mass is 19.1. The highest BCUT2D eigenvalue weighted by Crippen LogP contribution is 2.28. The molecule has 134 valence electrons. The monoisotopic (exact) mass is 353 g/mol. The van der Waals surface area contributed by atoms with Crippen LogP contribution in [-0.2, 0) is 0 Å². The standard InChI is InChI=1S/C19H20FN5O/c1-13-19(22-7-6-21-13)26-11-14-4-8-25(9-5-14)18-16-10-15(20)2-3-17(16)23-12-24-18/h2-3,6-7,10,12,14H,4-5,8-9,11H2,1H3. The predicted octanol–water partition coefficient (Wildman–Crippen LogP) is 3.16. The SMILES string of the molecule is Cc1nccnc1OCC1CCN(c2ncnc3ccc(F)cc23)CC1. The van der Waals surface area contributed by atoms with E-state index in [0.717, 1.165) is 48.3 Å². The molecule has 0 bridgehead atoms. The lowest BCUT2D eigenvalue weighted by atomic mass is 9.97. The van der Waals surface area contributed by atoms with Crippen LogP contribution in [0, 0.1) is 18.7 Å². The smallest absolute Gasteiger partial charge is 0.235 e. The Kier molecular flexibility index (Phi) is 4.60. The van der Waals surface area contributed by atoms with Gasteiger partial charge in [0.25, 0.3) is 0 Å². The molecule has 0 spiro atoms. The molecule has 0 N–H and O–H groups in total. The first-order valence-corrected chi connectivity index (χ1v) is 8.76. The van der Waals surface area contributed by atoms with E-state index in [2.05, 4.69) is 24.8 Å². The van der Waals surface area contributed by atoms with E-state index in [4.69, 9.17) is 4.74 Å². The van der Waals surface area contributed by atoms with Crippen molar-refractivity contribution in [2.24, 2.45) is 5.92 Å². The lowest BCUT2D eigenvalue weighted by Crippen LogP contribution is -2.36. The third-order valence-corrected chi connectivity index (χ3v) is 4.78. The molecule has 0 amide bonds. The Balaban J connectivity index is 1.41. The molecular weight excluding hydrogens is 333 g/mol. The van der Waals surface area contributed by atoms with Crippen molar-refractivity contribution < 1.29 is 9.13 Å². The zero-order chi connectivity index (χ0) is 17.9. The molecule has 1 saturated heterocycles. The normalized spacial score (nSPS) is 15.4. The van der Waals surface area contributed by atoms with Crippen LogP contribution in [0.2, 0.25) is 0 Å². The van der Waals surface area contributed by atoms with Crippen molar-refractivity contribution in [2.75, 3.05) is 24.6 Å². The number of anilines is 1.